The Bertz CT molecular complexity index is 521. The minimum atomic E-state index is 0.793. The minimum absolute atomic E-state index is 0.793. The number of nitrogens with one attached hydrogen (secondary N) is 1. The molecule has 132 valence electrons. The van der Waals surface area contributed by atoms with Crippen LogP contribution in [0.3, 0.4) is 0 Å². The first-order valence-electron chi connectivity index (χ1n) is 9.14. The summed E-state index contributed by atoms with van der Waals surface area (Å²) in [7, 11) is 0. The highest BCUT2D eigenvalue weighted by molar-refractivity contribution is 6.30. The third kappa shape index (κ3) is 9.75. The Labute approximate surface area is 153 Å². The van der Waals surface area contributed by atoms with Gasteiger partial charge < -0.3 is 5.32 Å². The molecule has 1 N–H and O–H groups in total. The van der Waals surface area contributed by atoms with E-state index in [1.807, 2.05) is 18.2 Å². The van der Waals surface area contributed by atoms with Crippen LogP contribution in [-0.2, 0) is 6.42 Å². The molecule has 0 aliphatic carbocycles. The van der Waals surface area contributed by atoms with Gasteiger partial charge in [-0.1, -0.05) is 81.3 Å². The van der Waals surface area contributed by atoms with Gasteiger partial charge in [-0.05, 0) is 61.5 Å². The zero-order chi connectivity index (χ0) is 17.6. The number of rotatable bonds is 8. The highest BCUT2D eigenvalue weighted by Crippen LogP contribution is 2.13. The fourth-order valence-corrected chi connectivity index (χ4v) is 2.41. The lowest BCUT2D eigenvalue weighted by Crippen LogP contribution is -2.17. The first-order valence-corrected chi connectivity index (χ1v) is 9.52. The van der Waals surface area contributed by atoms with E-state index in [2.05, 4.69) is 62.5 Å². The fraction of sp³-hybridized carbons (Fsp3) is 0.455. The van der Waals surface area contributed by atoms with Crippen molar-refractivity contribution in [1.29, 1.82) is 0 Å². The molecule has 0 aromatic heterocycles. The normalized spacial score (nSPS) is 11.5. The first-order chi connectivity index (χ1) is 11.7. The second-order valence-corrected chi connectivity index (χ2v) is 6.78. The van der Waals surface area contributed by atoms with Crippen molar-refractivity contribution in [2.45, 2.75) is 46.5 Å². The number of halogens is 1. The van der Waals surface area contributed by atoms with E-state index in [9.17, 15) is 0 Å². The number of hydrogen-bond acceptors (Lipinski definition) is 1. The first kappa shape index (κ1) is 20.7. The molecule has 0 saturated heterocycles. The van der Waals surface area contributed by atoms with Gasteiger partial charge in [0, 0.05) is 5.02 Å². The van der Waals surface area contributed by atoms with Crippen LogP contribution >= 0.6 is 11.6 Å². The van der Waals surface area contributed by atoms with Crippen molar-refractivity contribution in [2.24, 2.45) is 5.92 Å². The van der Waals surface area contributed by atoms with Crippen LogP contribution in [0, 0.1) is 5.92 Å². The zero-order valence-corrected chi connectivity index (χ0v) is 16.2. The largest absolute Gasteiger partial charge is 0.317 e. The summed E-state index contributed by atoms with van der Waals surface area (Å²) in [6.45, 7) is 9.15. The fourth-order valence-electron chi connectivity index (χ4n) is 2.29. The monoisotopic (exact) mass is 345 g/mol. The van der Waals surface area contributed by atoms with Crippen LogP contribution in [0.4, 0.5) is 0 Å². The van der Waals surface area contributed by atoms with Crippen molar-refractivity contribution < 1.29 is 0 Å². The van der Waals surface area contributed by atoms with E-state index in [1.54, 1.807) is 0 Å². The average Bonchev–Trinajstić information content (AvgIpc) is 2.62. The molecule has 24 heavy (non-hydrogen) atoms. The summed E-state index contributed by atoms with van der Waals surface area (Å²) < 4.78 is 0. The molecule has 0 radical (unpaired) electrons. The third-order valence-electron chi connectivity index (χ3n) is 4.10. The van der Waals surface area contributed by atoms with E-state index in [1.165, 1.54) is 43.5 Å². The Morgan fingerprint density at radius 1 is 0.875 bits per heavy atom. The van der Waals surface area contributed by atoms with Gasteiger partial charge in [-0.25, -0.2) is 0 Å². The van der Waals surface area contributed by atoms with E-state index in [-0.39, 0.29) is 0 Å². The van der Waals surface area contributed by atoms with E-state index in [0.717, 1.165) is 17.4 Å². The van der Waals surface area contributed by atoms with Crippen molar-refractivity contribution in [1.82, 2.24) is 5.32 Å². The van der Waals surface area contributed by atoms with E-state index in [4.69, 9.17) is 11.6 Å². The quantitative estimate of drug-likeness (QED) is 0.549. The Balaban J connectivity index is 0.000000257. The SMILES string of the molecule is CCCNCCC(C)CC.Clc1ccc(Cc2ccccc2)cc1. The molecule has 2 rings (SSSR count). The van der Waals surface area contributed by atoms with E-state index < -0.39 is 0 Å². The molecule has 0 fully saturated rings. The lowest BCUT2D eigenvalue weighted by atomic mass is 10.1. The number of hydrogen-bond donors (Lipinski definition) is 1. The van der Waals surface area contributed by atoms with Crippen LogP contribution in [-0.4, -0.2) is 13.1 Å². The standard InChI is InChI=1S/C13H11Cl.C9H21N/c14-13-8-6-12(7-9-13)10-11-4-2-1-3-5-11;1-4-7-10-8-6-9(3)5-2/h1-9H,10H2;9-10H,4-8H2,1-3H3. The highest BCUT2D eigenvalue weighted by Gasteiger charge is 1.96. The van der Waals surface area contributed by atoms with Gasteiger partial charge in [0.05, 0.1) is 0 Å². The van der Waals surface area contributed by atoms with Gasteiger partial charge in [0.1, 0.15) is 0 Å². The minimum Gasteiger partial charge on any atom is -0.317 e. The maximum atomic E-state index is 5.81. The van der Waals surface area contributed by atoms with Gasteiger partial charge in [0.15, 0.2) is 0 Å². The Morgan fingerprint density at radius 3 is 2.08 bits per heavy atom. The van der Waals surface area contributed by atoms with Gasteiger partial charge in [0.2, 0.25) is 0 Å². The predicted octanol–water partition coefficient (Wildman–Crippen LogP) is 6.35. The summed E-state index contributed by atoms with van der Waals surface area (Å²) in [4.78, 5) is 0. The van der Waals surface area contributed by atoms with Crippen LogP contribution in [0.1, 0.15) is 51.2 Å². The van der Waals surface area contributed by atoms with Crippen LogP contribution in [0.15, 0.2) is 54.6 Å². The summed E-state index contributed by atoms with van der Waals surface area (Å²) in [5.74, 6) is 0.893. The van der Waals surface area contributed by atoms with Crippen molar-refractivity contribution >= 4 is 11.6 Å². The Hall–Kier alpha value is -1.31. The molecule has 0 bridgehead atoms. The molecule has 2 aromatic carbocycles. The van der Waals surface area contributed by atoms with Crippen LogP contribution < -0.4 is 5.32 Å². The van der Waals surface area contributed by atoms with Crippen molar-refractivity contribution in [2.75, 3.05) is 13.1 Å². The summed E-state index contributed by atoms with van der Waals surface area (Å²) in [5.41, 5.74) is 2.62. The molecule has 0 amide bonds. The smallest absolute Gasteiger partial charge is 0.0406 e. The van der Waals surface area contributed by atoms with Crippen molar-refractivity contribution in [3.63, 3.8) is 0 Å². The molecule has 2 heteroatoms. The molecule has 1 unspecified atom stereocenters. The van der Waals surface area contributed by atoms with E-state index >= 15 is 0 Å². The number of benzene rings is 2. The summed E-state index contributed by atoms with van der Waals surface area (Å²) >= 11 is 5.81. The zero-order valence-electron chi connectivity index (χ0n) is 15.4. The summed E-state index contributed by atoms with van der Waals surface area (Å²) in [5, 5.41) is 4.19. The second-order valence-electron chi connectivity index (χ2n) is 6.34. The molecule has 0 aliphatic heterocycles. The molecular formula is C22H32ClN. The topological polar surface area (TPSA) is 12.0 Å². The van der Waals surface area contributed by atoms with Crippen LogP contribution in [0.2, 0.25) is 5.02 Å². The lowest BCUT2D eigenvalue weighted by Gasteiger charge is -2.07. The molecule has 0 aliphatic rings. The van der Waals surface area contributed by atoms with Gasteiger partial charge in [-0.15, -0.1) is 0 Å². The highest BCUT2D eigenvalue weighted by atomic mass is 35.5. The predicted molar refractivity (Wildman–Crippen MR) is 108 cm³/mol. The van der Waals surface area contributed by atoms with Gasteiger partial charge in [0.25, 0.3) is 0 Å². The molecule has 0 heterocycles. The molecule has 2 aromatic rings. The molecular weight excluding hydrogens is 314 g/mol. The van der Waals surface area contributed by atoms with Crippen LogP contribution in [0.25, 0.3) is 0 Å². The van der Waals surface area contributed by atoms with Crippen LogP contribution in [0.5, 0.6) is 0 Å². The molecule has 1 atom stereocenters. The maximum absolute atomic E-state index is 5.81. The Morgan fingerprint density at radius 2 is 1.50 bits per heavy atom. The van der Waals surface area contributed by atoms with Crippen molar-refractivity contribution in [3.05, 3.63) is 70.7 Å². The summed E-state index contributed by atoms with van der Waals surface area (Å²) in [6, 6.07) is 18.4. The maximum Gasteiger partial charge on any atom is 0.0406 e. The second kappa shape index (κ2) is 13.0. The van der Waals surface area contributed by atoms with Gasteiger partial charge in [-0.2, -0.15) is 0 Å². The average molecular weight is 346 g/mol. The molecule has 1 nitrogen and oxygen atoms in total. The summed E-state index contributed by atoms with van der Waals surface area (Å²) in [6.07, 6.45) is 4.86. The molecule has 0 spiro atoms. The Kier molecular flexibility index (Phi) is 11.3. The van der Waals surface area contributed by atoms with Gasteiger partial charge >= 0.3 is 0 Å². The van der Waals surface area contributed by atoms with Crippen molar-refractivity contribution in [3.8, 4) is 0 Å². The third-order valence-corrected chi connectivity index (χ3v) is 4.35. The van der Waals surface area contributed by atoms with Gasteiger partial charge in [-0.3, -0.25) is 0 Å². The van der Waals surface area contributed by atoms with E-state index in [0.29, 0.717) is 0 Å². The lowest BCUT2D eigenvalue weighted by molar-refractivity contribution is 0.488. The molecule has 0 saturated carbocycles.